The average Bonchev–Trinajstić information content (AvgIpc) is 1.80. The lowest BCUT2D eigenvalue weighted by atomic mass is 9.89. The summed E-state index contributed by atoms with van der Waals surface area (Å²) in [7, 11) is 6.09. The van der Waals surface area contributed by atoms with E-state index in [1.807, 2.05) is 39.0 Å². The number of nitrogens with two attached hydrogens (primary N) is 1. The molecule has 11 amide bonds. The van der Waals surface area contributed by atoms with Gasteiger partial charge in [0, 0.05) is 66.5 Å². The maximum Gasteiger partial charge on any atom is 0.410 e. The van der Waals surface area contributed by atoms with Gasteiger partial charge in [-0.2, -0.15) is 0 Å². The molecule has 1 aliphatic heterocycles. The topological polar surface area (TPSA) is 375 Å². The molecule has 0 aromatic heterocycles. The van der Waals surface area contributed by atoms with E-state index in [4.69, 9.17) is 38.9 Å². The highest BCUT2D eigenvalue weighted by molar-refractivity contribution is 5.98. The lowest BCUT2D eigenvalue weighted by Crippen LogP contribution is -2.60. The fourth-order valence-corrected chi connectivity index (χ4v) is 12.1. The van der Waals surface area contributed by atoms with Crippen LogP contribution in [-0.4, -0.2) is 234 Å². The van der Waals surface area contributed by atoms with Crippen molar-refractivity contribution >= 4 is 65.1 Å². The molecule has 10 N–H and O–H groups in total. The summed E-state index contributed by atoms with van der Waals surface area (Å²) in [6.07, 6.45) is -0.843. The summed E-state index contributed by atoms with van der Waals surface area (Å²) in [6, 6.07) is 8.74. The molecular weight excluding hydrogens is 1310 g/mol. The molecule has 0 aliphatic carbocycles. The number of carbonyl (C=O) groups excluding carboxylic acids is 10. The molecule has 3 rings (SSSR count). The van der Waals surface area contributed by atoms with Crippen LogP contribution in [-0.2, 0) is 78.1 Å². The van der Waals surface area contributed by atoms with Gasteiger partial charge >= 0.3 is 12.1 Å². The number of anilines is 1. The van der Waals surface area contributed by atoms with Gasteiger partial charge < -0.3 is 91.0 Å². The molecule has 0 bridgehead atoms. The molecule has 101 heavy (non-hydrogen) atoms. The van der Waals surface area contributed by atoms with Crippen molar-refractivity contribution in [3.63, 3.8) is 0 Å². The highest BCUT2D eigenvalue weighted by Gasteiger charge is 2.44. The molecule has 0 saturated carbocycles. The number of amides is 11. The van der Waals surface area contributed by atoms with Gasteiger partial charge in [0.1, 0.15) is 30.8 Å². The zero-order valence-electron chi connectivity index (χ0n) is 62.3. The van der Waals surface area contributed by atoms with Crippen LogP contribution in [0, 0.1) is 29.6 Å². The van der Waals surface area contributed by atoms with Crippen molar-refractivity contribution in [2.24, 2.45) is 35.3 Å². The molecule has 0 radical (unpaired) electrons. The number of likely N-dealkylation sites (N-methyl/N-ethyl adjacent to an activating group) is 2. The van der Waals surface area contributed by atoms with Gasteiger partial charge in [-0.1, -0.05) is 111 Å². The standard InChI is InChI=1S/C72H119N11O18/c1-16-48(9)63(56(95-14)43-59(86)83-34-22-26-55(83)65(96-15)49(10)66(88)76-50(11)64(87)52-23-19-18-20-24-52)81(12)70(92)61(46(5)6)80-69(91)62(47(7)8)82(13)72(94)101-44-51-27-29-53(30-28-51)77-67(89)54(25-21-33-75-71(73)93)78-68(90)60(45(3)4)79-58(85)32-36-98-38-40-100-42-41-99-39-37-97-35-31-57(84)74-17-2/h18-20,23-24,27-30,45-50,54-56,60-65,87H,16-17,21-22,25-26,31-44H2,1-15H3,(H,74,84)(H,76,88)(H,77,89)(H,78,90)(H,79,85)(H,80,91)(H3,73,75,93)/t48-,49+,50+,54-,55-,56+,60?,61-,62?,63?,64?,65+/m0/s1. The predicted molar refractivity (Wildman–Crippen MR) is 380 cm³/mol. The number of methoxy groups -OCH3 is 2. The number of likely N-dealkylation sites (tertiary alicyclic amines) is 1. The van der Waals surface area contributed by atoms with E-state index in [-0.39, 0.29) is 94.6 Å². The number of carbonyl (C=O) groups is 10. The molecule has 4 unspecified atom stereocenters. The second kappa shape index (κ2) is 46.9. The summed E-state index contributed by atoms with van der Waals surface area (Å²) in [5, 5.41) is 30.3. The fourth-order valence-electron chi connectivity index (χ4n) is 12.1. The van der Waals surface area contributed by atoms with E-state index in [0.29, 0.717) is 82.2 Å². The summed E-state index contributed by atoms with van der Waals surface area (Å²) in [5.41, 5.74) is 6.79. The Morgan fingerprint density at radius 3 is 1.76 bits per heavy atom. The largest absolute Gasteiger partial charge is 0.445 e. The number of aliphatic hydroxyl groups is 1. The van der Waals surface area contributed by atoms with E-state index < -0.39 is 120 Å². The van der Waals surface area contributed by atoms with E-state index in [0.717, 1.165) is 0 Å². The number of rotatable bonds is 48. The Morgan fingerprint density at radius 2 is 1.23 bits per heavy atom. The minimum atomic E-state index is -1.12. The first-order chi connectivity index (χ1) is 48.0. The van der Waals surface area contributed by atoms with Crippen LogP contribution in [0.25, 0.3) is 0 Å². The first-order valence-electron chi connectivity index (χ1n) is 35.5. The van der Waals surface area contributed by atoms with Crippen LogP contribution in [0.5, 0.6) is 0 Å². The molecule has 29 heteroatoms. The second-order valence-corrected chi connectivity index (χ2v) is 26.7. The molecule has 12 atom stereocenters. The number of ether oxygens (including phenoxy) is 7. The highest BCUT2D eigenvalue weighted by Crippen LogP contribution is 2.31. The Bertz CT molecular complexity index is 2860. The molecule has 0 spiro atoms. The van der Waals surface area contributed by atoms with Crippen LogP contribution in [0.1, 0.15) is 145 Å². The molecule has 29 nitrogen and oxygen atoms in total. The van der Waals surface area contributed by atoms with Gasteiger partial charge in [0.15, 0.2) is 0 Å². The quantitative estimate of drug-likeness (QED) is 0.0410. The highest BCUT2D eigenvalue weighted by atomic mass is 16.6. The Kier molecular flexibility index (Phi) is 40.7. The minimum Gasteiger partial charge on any atom is -0.445 e. The summed E-state index contributed by atoms with van der Waals surface area (Å²) >= 11 is 0. The van der Waals surface area contributed by atoms with Gasteiger partial charge in [-0.25, -0.2) is 9.59 Å². The first-order valence-corrected chi connectivity index (χ1v) is 35.5. The van der Waals surface area contributed by atoms with Gasteiger partial charge in [-0.05, 0) is 86.5 Å². The third-order valence-corrected chi connectivity index (χ3v) is 18.0. The van der Waals surface area contributed by atoms with Crippen LogP contribution in [0.3, 0.4) is 0 Å². The second-order valence-electron chi connectivity index (χ2n) is 26.7. The number of aliphatic hydroxyl groups excluding tert-OH is 1. The summed E-state index contributed by atoms with van der Waals surface area (Å²) in [4.78, 5) is 139. The molecule has 2 aromatic carbocycles. The van der Waals surface area contributed by atoms with Gasteiger partial charge in [-0.3, -0.25) is 43.3 Å². The Hall–Kier alpha value is -7.54. The Labute approximate surface area is 597 Å². The Balaban J connectivity index is 1.61. The smallest absolute Gasteiger partial charge is 0.410 e. The Morgan fingerprint density at radius 1 is 0.644 bits per heavy atom. The summed E-state index contributed by atoms with van der Waals surface area (Å²) in [5.74, 6) is -5.41. The number of hydrogen-bond acceptors (Lipinski definition) is 18. The lowest BCUT2D eigenvalue weighted by Gasteiger charge is -2.41. The number of primary amides is 1. The molecule has 2 aromatic rings. The number of benzene rings is 2. The van der Waals surface area contributed by atoms with Crippen molar-refractivity contribution in [1.29, 1.82) is 0 Å². The molecular formula is C72H119N11O18. The molecule has 1 saturated heterocycles. The van der Waals surface area contributed by atoms with Crippen LogP contribution in [0.4, 0.5) is 15.3 Å². The van der Waals surface area contributed by atoms with E-state index in [1.54, 1.807) is 109 Å². The van der Waals surface area contributed by atoms with Gasteiger partial charge in [0.2, 0.25) is 47.3 Å². The zero-order chi connectivity index (χ0) is 75.3. The van der Waals surface area contributed by atoms with Crippen LogP contribution < -0.4 is 43.0 Å². The third-order valence-electron chi connectivity index (χ3n) is 18.0. The maximum atomic E-state index is 14.8. The fraction of sp³-hybridized carbons (Fsp3) is 0.694. The first kappa shape index (κ1) is 87.7. The normalized spacial score (nSPS) is 16.3. The summed E-state index contributed by atoms with van der Waals surface area (Å²) in [6.45, 7) is 23.0. The summed E-state index contributed by atoms with van der Waals surface area (Å²) < 4.78 is 39.7. The SMILES string of the molecule is CCNC(=O)CCOCCOCCOCCOCCC(=O)NC(C(=O)N[C@@H](CCCNC(N)=O)C(=O)Nc1ccc(COC(=O)N(C)C(C(=O)N[C@H](C(=O)N(C)C([C@@H](C)CC)[C@@H](CC(=O)N2CCC[C@H]2[C@H](OC)[C@@H](C)C(=O)N[C@H](C)C(O)c2ccccc2)OC)C(C)C)C(C)C)cc1)C(C)C. The molecule has 570 valence electrons. The number of urea groups is 1. The van der Waals surface area contributed by atoms with Gasteiger partial charge in [0.25, 0.3) is 0 Å². The predicted octanol–water partition coefficient (Wildman–Crippen LogP) is 4.57. The van der Waals surface area contributed by atoms with Crippen LogP contribution in [0.2, 0.25) is 0 Å². The third kappa shape index (κ3) is 30.1. The lowest BCUT2D eigenvalue weighted by molar-refractivity contribution is -0.148. The van der Waals surface area contributed by atoms with Crippen LogP contribution in [0.15, 0.2) is 54.6 Å². The van der Waals surface area contributed by atoms with Gasteiger partial charge in [0.05, 0.1) is 102 Å². The van der Waals surface area contributed by atoms with Gasteiger partial charge in [-0.15, -0.1) is 0 Å². The van der Waals surface area contributed by atoms with E-state index in [9.17, 15) is 53.1 Å². The van der Waals surface area contributed by atoms with Crippen molar-refractivity contribution in [2.45, 2.75) is 195 Å². The van der Waals surface area contributed by atoms with E-state index in [1.165, 1.54) is 26.2 Å². The minimum absolute atomic E-state index is 0.0500. The monoisotopic (exact) mass is 1430 g/mol. The van der Waals surface area contributed by atoms with Crippen LogP contribution >= 0.6 is 0 Å². The molecule has 1 aliphatic rings. The van der Waals surface area contributed by atoms with E-state index >= 15 is 0 Å². The molecule has 1 fully saturated rings. The van der Waals surface area contributed by atoms with Crippen molar-refractivity contribution in [1.82, 2.24) is 46.6 Å². The number of nitrogens with one attached hydrogen (secondary N) is 7. The molecule has 1 heterocycles. The average molecular weight is 1430 g/mol. The van der Waals surface area contributed by atoms with Crippen molar-refractivity contribution in [3.8, 4) is 0 Å². The van der Waals surface area contributed by atoms with Crippen molar-refractivity contribution in [3.05, 3.63) is 65.7 Å². The van der Waals surface area contributed by atoms with E-state index in [2.05, 4.69) is 37.2 Å². The number of hydrogen-bond donors (Lipinski definition) is 9. The maximum absolute atomic E-state index is 14.8. The van der Waals surface area contributed by atoms with Crippen molar-refractivity contribution in [2.75, 3.05) is 106 Å². The zero-order valence-corrected chi connectivity index (χ0v) is 62.3. The number of nitrogens with zero attached hydrogens (tertiary/aromatic N) is 3. The van der Waals surface area contributed by atoms with Crippen molar-refractivity contribution < 1.29 is 86.2 Å².